The third-order valence-corrected chi connectivity index (χ3v) is 8.41. The van der Waals surface area contributed by atoms with E-state index in [0.717, 1.165) is 29.2 Å². The minimum Gasteiger partial charge on any atom is -0.490 e. The monoisotopic (exact) mass is 610 g/mol. The predicted octanol–water partition coefficient (Wildman–Crippen LogP) is 6.81. The van der Waals surface area contributed by atoms with Crippen LogP contribution in [0.25, 0.3) is 6.08 Å². The summed E-state index contributed by atoms with van der Waals surface area (Å²) in [5.74, 6) is 1.88. The van der Waals surface area contributed by atoms with E-state index in [4.69, 9.17) is 19.6 Å². The van der Waals surface area contributed by atoms with E-state index in [-0.39, 0.29) is 11.4 Å². The van der Waals surface area contributed by atoms with Gasteiger partial charge in [-0.1, -0.05) is 37.5 Å². The number of hydrogen-bond donors (Lipinski definition) is 1. The Morgan fingerprint density at radius 1 is 1.10 bits per heavy atom. The Bertz CT molecular complexity index is 1370. The molecule has 10 heteroatoms. The first-order chi connectivity index (χ1) is 18.9. The molecule has 2 aromatic rings. The summed E-state index contributed by atoms with van der Waals surface area (Å²) in [6.45, 7) is 5.03. The zero-order valence-corrected chi connectivity index (χ0v) is 24.4. The van der Waals surface area contributed by atoms with Crippen molar-refractivity contribution in [2.24, 2.45) is 16.0 Å². The van der Waals surface area contributed by atoms with Gasteiger partial charge in [-0.15, -0.1) is 0 Å². The fraction of sp³-hybridized carbons (Fsp3) is 0.379. The summed E-state index contributed by atoms with van der Waals surface area (Å²) in [5.41, 5.74) is 1.93. The van der Waals surface area contributed by atoms with E-state index in [2.05, 4.69) is 26.0 Å². The van der Waals surface area contributed by atoms with Crippen molar-refractivity contribution in [3.63, 3.8) is 0 Å². The summed E-state index contributed by atoms with van der Waals surface area (Å²) in [7, 11) is 0. The third kappa shape index (κ3) is 6.22. The van der Waals surface area contributed by atoms with Gasteiger partial charge in [0.25, 0.3) is 5.91 Å². The van der Waals surface area contributed by atoms with Gasteiger partial charge in [0, 0.05) is 5.92 Å². The number of carbonyl (C=O) groups is 1. The molecule has 2 aliphatic heterocycles. The van der Waals surface area contributed by atoms with Crippen LogP contribution >= 0.6 is 27.7 Å². The number of halogens is 1. The van der Waals surface area contributed by atoms with Crippen LogP contribution in [0.3, 0.4) is 0 Å². The van der Waals surface area contributed by atoms with E-state index >= 15 is 0 Å². The number of hydrogen-bond acceptors (Lipinski definition) is 7. The van der Waals surface area contributed by atoms with Gasteiger partial charge in [-0.2, -0.15) is 15.1 Å². The molecule has 0 unspecified atom stereocenters. The molecule has 2 aromatic carbocycles. The maximum atomic E-state index is 12.9. The lowest BCUT2D eigenvalue weighted by Gasteiger charge is -2.20. The summed E-state index contributed by atoms with van der Waals surface area (Å²) in [4.78, 5) is 17.2. The van der Waals surface area contributed by atoms with Crippen molar-refractivity contribution in [3.05, 3.63) is 57.6 Å². The standard InChI is InChI=1S/C29H31BrN4O4S/c1-3-36-24-17-19(16-22(30)25(24)38-14-13-37-23-12-8-7-9-18(23)2)15-21-26(31)34-29(32-27(21)35)39-28(33-34)20-10-5-4-6-11-20/h7-9,12,15-17,20,31H,3-6,10-11,13-14H2,1-2H3/b21-15-,31-26?. The molecule has 2 heterocycles. The number of ether oxygens (including phenoxy) is 3. The largest absolute Gasteiger partial charge is 0.490 e. The highest BCUT2D eigenvalue weighted by molar-refractivity contribution is 9.10. The van der Waals surface area contributed by atoms with Crippen molar-refractivity contribution < 1.29 is 19.0 Å². The van der Waals surface area contributed by atoms with E-state index in [9.17, 15) is 4.79 Å². The first-order valence-corrected chi connectivity index (χ1v) is 14.8. The van der Waals surface area contributed by atoms with Gasteiger partial charge in [0.2, 0.25) is 5.17 Å². The molecule has 3 aliphatic rings. The molecule has 0 bridgehead atoms. The summed E-state index contributed by atoms with van der Waals surface area (Å²) in [6.07, 6.45) is 7.48. The average Bonchev–Trinajstić information content (AvgIpc) is 3.36. The number of para-hydroxylation sites is 1. The molecule has 0 atom stereocenters. The van der Waals surface area contributed by atoms with Crippen molar-refractivity contribution in [3.8, 4) is 17.2 Å². The highest BCUT2D eigenvalue weighted by atomic mass is 79.9. The Morgan fingerprint density at radius 3 is 2.64 bits per heavy atom. The van der Waals surface area contributed by atoms with Crippen LogP contribution in [0.2, 0.25) is 0 Å². The molecule has 0 radical (unpaired) electrons. The van der Waals surface area contributed by atoms with Crippen LogP contribution in [-0.2, 0) is 4.79 Å². The van der Waals surface area contributed by atoms with Crippen LogP contribution < -0.4 is 14.2 Å². The second-order valence-electron chi connectivity index (χ2n) is 9.52. The van der Waals surface area contributed by atoms with Gasteiger partial charge in [-0.05, 0) is 89.8 Å². The smallest absolute Gasteiger partial charge is 0.283 e. The van der Waals surface area contributed by atoms with Crippen LogP contribution in [0.5, 0.6) is 17.2 Å². The molecule has 1 saturated carbocycles. The predicted molar refractivity (Wildman–Crippen MR) is 159 cm³/mol. The van der Waals surface area contributed by atoms with Crippen LogP contribution in [0.1, 0.15) is 50.2 Å². The Hall–Kier alpha value is -3.11. The van der Waals surface area contributed by atoms with Crippen molar-refractivity contribution in [1.82, 2.24) is 5.01 Å². The van der Waals surface area contributed by atoms with Crippen molar-refractivity contribution >= 4 is 55.7 Å². The van der Waals surface area contributed by atoms with Gasteiger partial charge < -0.3 is 14.2 Å². The number of nitrogens with one attached hydrogen (secondary N) is 1. The lowest BCUT2D eigenvalue weighted by atomic mass is 9.90. The zero-order valence-electron chi connectivity index (χ0n) is 22.0. The van der Waals surface area contributed by atoms with Crippen LogP contribution in [0.15, 0.2) is 56.5 Å². The number of hydrazone groups is 1. The highest BCUT2D eigenvalue weighted by Gasteiger charge is 2.38. The lowest BCUT2D eigenvalue weighted by molar-refractivity contribution is -0.114. The molecule has 8 nitrogen and oxygen atoms in total. The number of nitrogens with zero attached hydrogens (tertiary/aromatic N) is 3. The molecular formula is C29H31BrN4O4S. The number of aliphatic imine (C=N–C) groups is 1. The molecule has 1 N–H and O–H groups in total. The zero-order chi connectivity index (χ0) is 27.4. The third-order valence-electron chi connectivity index (χ3n) is 6.75. The number of amidine groups is 2. The molecule has 1 aliphatic carbocycles. The highest BCUT2D eigenvalue weighted by Crippen LogP contribution is 2.39. The summed E-state index contributed by atoms with van der Waals surface area (Å²) in [5, 5.41) is 16.3. The Kier molecular flexibility index (Phi) is 8.72. The van der Waals surface area contributed by atoms with Gasteiger partial charge in [-0.3, -0.25) is 10.2 Å². The van der Waals surface area contributed by atoms with Gasteiger partial charge in [-0.25, -0.2) is 0 Å². The molecule has 0 aromatic heterocycles. The van der Waals surface area contributed by atoms with E-state index in [1.807, 2.05) is 44.2 Å². The molecule has 5 rings (SSSR count). The number of amides is 1. The van der Waals surface area contributed by atoms with Gasteiger partial charge >= 0.3 is 0 Å². The van der Waals surface area contributed by atoms with Crippen LogP contribution in [0.4, 0.5) is 0 Å². The van der Waals surface area contributed by atoms with Crippen LogP contribution in [-0.4, -0.2) is 46.8 Å². The Balaban J connectivity index is 1.32. The van der Waals surface area contributed by atoms with Crippen molar-refractivity contribution in [1.29, 1.82) is 5.41 Å². The SMILES string of the molecule is CCOc1cc(/C=C2/C(=N)N3N=C(C4CCCCC4)SC3=NC2=O)cc(Br)c1OCCOc1ccccc1C. The van der Waals surface area contributed by atoms with Gasteiger partial charge in [0.05, 0.1) is 16.7 Å². The summed E-state index contributed by atoms with van der Waals surface area (Å²) < 4.78 is 18.4. The molecule has 0 saturated heterocycles. The van der Waals surface area contributed by atoms with E-state index in [1.54, 1.807) is 12.1 Å². The quantitative estimate of drug-likeness (QED) is 0.247. The van der Waals surface area contributed by atoms with E-state index in [0.29, 0.717) is 52.4 Å². The second kappa shape index (κ2) is 12.4. The second-order valence-corrected chi connectivity index (χ2v) is 11.4. The van der Waals surface area contributed by atoms with Crippen molar-refractivity contribution in [2.75, 3.05) is 19.8 Å². The normalized spacial score (nSPS) is 18.6. The Labute approximate surface area is 241 Å². The number of aryl methyl sites for hydroxylation is 1. The molecule has 1 amide bonds. The number of thioether (sulfide) groups is 1. The van der Waals surface area contributed by atoms with E-state index < -0.39 is 5.91 Å². The van der Waals surface area contributed by atoms with Crippen molar-refractivity contribution in [2.45, 2.75) is 46.0 Å². The number of carbonyl (C=O) groups excluding carboxylic acids is 1. The van der Waals surface area contributed by atoms with E-state index in [1.165, 1.54) is 36.0 Å². The molecule has 1 fully saturated rings. The fourth-order valence-corrected chi connectivity index (χ4v) is 6.41. The molecule has 0 spiro atoms. The molecule has 39 heavy (non-hydrogen) atoms. The number of benzene rings is 2. The topological polar surface area (TPSA) is 96.6 Å². The minimum atomic E-state index is -0.443. The first kappa shape index (κ1) is 27.5. The van der Waals surface area contributed by atoms with Gasteiger partial charge in [0.1, 0.15) is 24.0 Å². The Morgan fingerprint density at radius 2 is 1.87 bits per heavy atom. The van der Waals surface area contributed by atoms with Gasteiger partial charge in [0.15, 0.2) is 17.3 Å². The molecule has 204 valence electrons. The number of rotatable bonds is 9. The fourth-order valence-electron chi connectivity index (χ4n) is 4.78. The van der Waals surface area contributed by atoms with Crippen LogP contribution in [0, 0.1) is 18.3 Å². The first-order valence-electron chi connectivity index (χ1n) is 13.2. The maximum absolute atomic E-state index is 12.9. The number of fused-ring (bicyclic) bond motifs is 1. The summed E-state index contributed by atoms with van der Waals surface area (Å²) >= 11 is 5.01. The lowest BCUT2D eigenvalue weighted by Crippen LogP contribution is -2.35. The minimum absolute atomic E-state index is 0.0334. The maximum Gasteiger partial charge on any atom is 0.283 e. The average molecular weight is 612 g/mol. The summed E-state index contributed by atoms with van der Waals surface area (Å²) in [6, 6.07) is 11.5. The molecular weight excluding hydrogens is 580 g/mol.